The van der Waals surface area contributed by atoms with Gasteiger partial charge < -0.3 is 10.6 Å². The quantitative estimate of drug-likeness (QED) is 0.254. The van der Waals surface area contributed by atoms with Crippen LogP contribution >= 0.6 is 47.5 Å². The summed E-state index contributed by atoms with van der Waals surface area (Å²) in [5.74, 6) is 3.45. The molecule has 6 heteroatoms. The lowest BCUT2D eigenvalue weighted by Gasteiger charge is -2.11. The minimum absolute atomic E-state index is 0. The number of rotatable bonds is 10. The second kappa shape index (κ2) is 17.7. The highest BCUT2D eigenvalue weighted by atomic mass is 127. The van der Waals surface area contributed by atoms with Crippen molar-refractivity contribution in [2.45, 2.75) is 25.7 Å². The Kier molecular flexibility index (Phi) is 20.7. The number of guanidine groups is 1. The Labute approximate surface area is 138 Å². The molecular weight excluding hydrogens is 377 g/mol. The van der Waals surface area contributed by atoms with Crippen LogP contribution in [0.4, 0.5) is 0 Å². The Hall–Kier alpha value is 0.700. The lowest BCUT2D eigenvalue weighted by molar-refractivity contribution is 0.709. The zero-order valence-electron chi connectivity index (χ0n) is 11.8. The maximum atomic E-state index is 4.21. The average molecular weight is 405 g/mol. The van der Waals surface area contributed by atoms with Gasteiger partial charge in [-0.3, -0.25) is 4.99 Å². The first-order valence-electron chi connectivity index (χ1n) is 6.27. The average Bonchev–Trinajstić information content (AvgIpc) is 2.36. The van der Waals surface area contributed by atoms with Crippen molar-refractivity contribution in [3.63, 3.8) is 0 Å². The van der Waals surface area contributed by atoms with Crippen LogP contribution in [0.2, 0.25) is 0 Å². The SMILES string of the molecule is CN=C(NCCCCSC)NCCCCSC.I. The number of nitrogens with zero attached hydrogens (tertiary/aromatic N) is 1. The lowest BCUT2D eigenvalue weighted by Crippen LogP contribution is -2.38. The van der Waals surface area contributed by atoms with Gasteiger partial charge in [-0.2, -0.15) is 23.5 Å². The monoisotopic (exact) mass is 405 g/mol. The van der Waals surface area contributed by atoms with Crippen molar-refractivity contribution in [1.29, 1.82) is 0 Å². The van der Waals surface area contributed by atoms with Gasteiger partial charge >= 0.3 is 0 Å². The molecule has 0 aromatic carbocycles. The Morgan fingerprint density at radius 2 is 1.33 bits per heavy atom. The molecule has 0 heterocycles. The smallest absolute Gasteiger partial charge is 0.190 e. The third-order valence-electron chi connectivity index (χ3n) is 2.36. The van der Waals surface area contributed by atoms with Gasteiger partial charge in [-0.25, -0.2) is 0 Å². The second-order valence-corrected chi connectivity index (χ2v) is 5.80. The molecular formula is C12H28IN3S2. The molecule has 0 aliphatic carbocycles. The molecule has 0 saturated carbocycles. The predicted molar refractivity (Wildman–Crippen MR) is 100 cm³/mol. The number of halogens is 1. The molecule has 0 aromatic heterocycles. The summed E-state index contributed by atoms with van der Waals surface area (Å²) in [5, 5.41) is 6.69. The van der Waals surface area contributed by atoms with E-state index in [9.17, 15) is 0 Å². The second-order valence-electron chi connectivity index (χ2n) is 3.83. The van der Waals surface area contributed by atoms with E-state index in [1.165, 1.54) is 37.2 Å². The van der Waals surface area contributed by atoms with Crippen molar-refractivity contribution in [3.8, 4) is 0 Å². The Morgan fingerprint density at radius 3 is 1.67 bits per heavy atom. The van der Waals surface area contributed by atoms with E-state index in [2.05, 4.69) is 28.1 Å². The van der Waals surface area contributed by atoms with E-state index in [0.29, 0.717) is 0 Å². The van der Waals surface area contributed by atoms with Crippen LogP contribution < -0.4 is 10.6 Å². The number of hydrogen-bond donors (Lipinski definition) is 2. The molecule has 0 aromatic rings. The maximum absolute atomic E-state index is 4.21. The summed E-state index contributed by atoms with van der Waals surface area (Å²) in [4.78, 5) is 4.21. The fourth-order valence-electron chi connectivity index (χ4n) is 1.38. The summed E-state index contributed by atoms with van der Waals surface area (Å²) in [5.41, 5.74) is 0. The number of thioether (sulfide) groups is 2. The standard InChI is InChI=1S/C12H27N3S2.HI/c1-13-12(14-8-4-6-10-16-2)15-9-5-7-11-17-3;/h4-11H2,1-3H3,(H2,13,14,15);1H. The molecule has 0 rings (SSSR count). The van der Waals surface area contributed by atoms with Gasteiger partial charge in [-0.15, -0.1) is 24.0 Å². The van der Waals surface area contributed by atoms with Crippen LogP contribution in [0.5, 0.6) is 0 Å². The molecule has 0 amide bonds. The van der Waals surface area contributed by atoms with E-state index >= 15 is 0 Å². The van der Waals surface area contributed by atoms with Crippen LogP contribution in [-0.2, 0) is 0 Å². The van der Waals surface area contributed by atoms with E-state index in [1.807, 2.05) is 30.6 Å². The number of nitrogens with one attached hydrogen (secondary N) is 2. The Balaban J connectivity index is 0. The lowest BCUT2D eigenvalue weighted by atomic mass is 10.3. The number of unbranched alkanes of at least 4 members (excludes halogenated alkanes) is 2. The zero-order chi connectivity index (χ0) is 12.8. The molecule has 3 nitrogen and oxygen atoms in total. The van der Waals surface area contributed by atoms with Gasteiger partial charge in [0.05, 0.1) is 0 Å². The topological polar surface area (TPSA) is 36.4 Å². The van der Waals surface area contributed by atoms with Gasteiger partial charge in [-0.1, -0.05) is 0 Å². The molecule has 0 spiro atoms. The fourth-order valence-corrected chi connectivity index (χ4v) is 2.36. The number of aliphatic imine (C=N–C) groups is 1. The van der Waals surface area contributed by atoms with Gasteiger partial charge in [0.1, 0.15) is 0 Å². The molecule has 0 atom stereocenters. The molecule has 0 aliphatic rings. The summed E-state index contributed by atoms with van der Waals surface area (Å²) in [7, 11) is 1.83. The van der Waals surface area contributed by atoms with Crippen molar-refractivity contribution in [2.24, 2.45) is 4.99 Å². The molecule has 18 heavy (non-hydrogen) atoms. The molecule has 110 valence electrons. The molecule has 0 unspecified atom stereocenters. The zero-order valence-corrected chi connectivity index (χ0v) is 15.8. The highest BCUT2D eigenvalue weighted by molar-refractivity contribution is 14.0. The summed E-state index contributed by atoms with van der Waals surface area (Å²) in [6.07, 6.45) is 9.30. The molecule has 0 fully saturated rings. The van der Waals surface area contributed by atoms with Crippen molar-refractivity contribution >= 4 is 53.5 Å². The summed E-state index contributed by atoms with van der Waals surface area (Å²) >= 11 is 3.82. The van der Waals surface area contributed by atoms with Crippen LogP contribution in [0, 0.1) is 0 Å². The minimum Gasteiger partial charge on any atom is -0.356 e. The fraction of sp³-hybridized carbons (Fsp3) is 0.917. The van der Waals surface area contributed by atoms with Crippen LogP contribution in [0.15, 0.2) is 4.99 Å². The predicted octanol–water partition coefficient (Wildman–Crippen LogP) is 3.06. The van der Waals surface area contributed by atoms with E-state index in [0.717, 1.165) is 19.0 Å². The van der Waals surface area contributed by atoms with Gasteiger partial charge in [0.15, 0.2) is 5.96 Å². The maximum Gasteiger partial charge on any atom is 0.190 e. The van der Waals surface area contributed by atoms with Crippen LogP contribution in [0.3, 0.4) is 0 Å². The van der Waals surface area contributed by atoms with E-state index < -0.39 is 0 Å². The molecule has 0 radical (unpaired) electrons. The summed E-state index contributed by atoms with van der Waals surface area (Å²) in [6.45, 7) is 2.04. The molecule has 0 aliphatic heterocycles. The van der Waals surface area contributed by atoms with Gasteiger partial charge in [0.2, 0.25) is 0 Å². The van der Waals surface area contributed by atoms with Crippen molar-refractivity contribution in [2.75, 3.05) is 44.2 Å². The van der Waals surface area contributed by atoms with Gasteiger partial charge in [-0.05, 0) is 49.7 Å². The first-order valence-corrected chi connectivity index (χ1v) is 9.06. The molecule has 2 N–H and O–H groups in total. The molecule has 0 saturated heterocycles. The van der Waals surface area contributed by atoms with E-state index in [1.54, 1.807) is 0 Å². The van der Waals surface area contributed by atoms with Crippen LogP contribution in [0.1, 0.15) is 25.7 Å². The highest BCUT2D eigenvalue weighted by Crippen LogP contribution is 1.98. The Morgan fingerprint density at radius 1 is 0.889 bits per heavy atom. The first-order chi connectivity index (χ1) is 8.35. The summed E-state index contributed by atoms with van der Waals surface area (Å²) in [6, 6.07) is 0. The third kappa shape index (κ3) is 14.8. The highest BCUT2D eigenvalue weighted by Gasteiger charge is 1.96. The van der Waals surface area contributed by atoms with Crippen molar-refractivity contribution in [1.82, 2.24) is 10.6 Å². The first kappa shape index (κ1) is 21.0. The van der Waals surface area contributed by atoms with Crippen molar-refractivity contribution in [3.05, 3.63) is 0 Å². The largest absolute Gasteiger partial charge is 0.356 e. The normalized spacial score (nSPS) is 9.50. The minimum atomic E-state index is 0. The van der Waals surface area contributed by atoms with Gasteiger partial charge in [0, 0.05) is 20.1 Å². The third-order valence-corrected chi connectivity index (χ3v) is 3.75. The molecule has 0 bridgehead atoms. The van der Waals surface area contributed by atoms with Gasteiger partial charge in [0.25, 0.3) is 0 Å². The number of hydrogen-bond acceptors (Lipinski definition) is 3. The Bertz CT molecular complexity index is 176. The van der Waals surface area contributed by atoms with Crippen LogP contribution in [-0.4, -0.2) is 50.1 Å². The van der Waals surface area contributed by atoms with Crippen molar-refractivity contribution < 1.29 is 0 Å². The summed E-state index contributed by atoms with van der Waals surface area (Å²) < 4.78 is 0. The van der Waals surface area contributed by atoms with E-state index in [-0.39, 0.29) is 24.0 Å². The van der Waals surface area contributed by atoms with E-state index in [4.69, 9.17) is 0 Å². The van der Waals surface area contributed by atoms with Crippen LogP contribution in [0.25, 0.3) is 0 Å².